The number of pyridine rings is 1. The number of hydrogen-bond donors (Lipinski definition) is 1. The summed E-state index contributed by atoms with van der Waals surface area (Å²) in [7, 11) is 0. The van der Waals surface area contributed by atoms with Crippen molar-refractivity contribution in [2.75, 3.05) is 32.8 Å². The van der Waals surface area contributed by atoms with E-state index in [0.717, 1.165) is 57.3 Å². The van der Waals surface area contributed by atoms with Crippen LogP contribution in [0.15, 0.2) is 36.5 Å². The number of ether oxygens (including phenoxy) is 1. The molecule has 3 aliphatic rings. The number of nitrogens with zero attached hydrogens (tertiary/aromatic N) is 3. The van der Waals surface area contributed by atoms with Crippen LogP contribution in [0.2, 0.25) is 0 Å². The highest BCUT2D eigenvalue weighted by Crippen LogP contribution is 2.59. The van der Waals surface area contributed by atoms with Crippen LogP contribution in [-0.2, 0) is 16.1 Å². The van der Waals surface area contributed by atoms with Gasteiger partial charge in [0.1, 0.15) is 0 Å². The lowest BCUT2D eigenvalue weighted by Crippen LogP contribution is -2.47. The van der Waals surface area contributed by atoms with Gasteiger partial charge in [0, 0.05) is 43.2 Å². The largest absolute Gasteiger partial charge is 0.450 e. The van der Waals surface area contributed by atoms with Crippen LogP contribution < -0.4 is 5.32 Å². The molecule has 2 aliphatic heterocycles. The monoisotopic (exact) mass is 450 g/mol. The van der Waals surface area contributed by atoms with Gasteiger partial charge >= 0.3 is 6.09 Å². The van der Waals surface area contributed by atoms with Gasteiger partial charge in [-0.2, -0.15) is 0 Å². The lowest BCUT2D eigenvalue weighted by molar-refractivity contribution is -0.124. The third-order valence-corrected chi connectivity index (χ3v) is 7.80. The van der Waals surface area contributed by atoms with Crippen LogP contribution in [0, 0.1) is 11.3 Å². The predicted molar refractivity (Wildman–Crippen MR) is 127 cm³/mol. The van der Waals surface area contributed by atoms with Crippen molar-refractivity contribution < 1.29 is 14.3 Å². The van der Waals surface area contributed by atoms with Crippen LogP contribution in [0.3, 0.4) is 0 Å². The van der Waals surface area contributed by atoms with Gasteiger partial charge in [-0.25, -0.2) is 4.79 Å². The van der Waals surface area contributed by atoms with Crippen LogP contribution >= 0.6 is 0 Å². The summed E-state index contributed by atoms with van der Waals surface area (Å²) in [5.41, 5.74) is 2.56. The first-order valence-electron chi connectivity index (χ1n) is 12.3. The van der Waals surface area contributed by atoms with Gasteiger partial charge < -0.3 is 15.0 Å². The van der Waals surface area contributed by atoms with Gasteiger partial charge in [0.15, 0.2) is 0 Å². The maximum absolute atomic E-state index is 12.9. The minimum absolute atomic E-state index is 0.160. The molecule has 0 bridgehead atoms. The third-order valence-electron chi connectivity index (χ3n) is 7.80. The summed E-state index contributed by atoms with van der Waals surface area (Å²) in [6, 6.07) is 10.8. The van der Waals surface area contributed by atoms with Crippen molar-refractivity contribution in [1.82, 2.24) is 20.1 Å². The molecule has 1 saturated carbocycles. The highest BCUT2D eigenvalue weighted by Gasteiger charge is 2.58. The fraction of sp³-hybridized carbons (Fsp3) is 0.577. The van der Waals surface area contributed by atoms with Gasteiger partial charge in [0.05, 0.1) is 12.1 Å². The first kappa shape index (κ1) is 22.1. The Labute approximate surface area is 195 Å². The number of piperidine rings is 2. The minimum atomic E-state index is -0.241. The zero-order chi connectivity index (χ0) is 22.8. The number of carbonyl (C=O) groups excluding carboxylic acids is 2. The molecule has 2 saturated heterocycles. The summed E-state index contributed by atoms with van der Waals surface area (Å²) in [5.74, 6) is 0.381. The van der Waals surface area contributed by atoms with Crippen LogP contribution in [0.25, 0.3) is 10.9 Å². The van der Waals surface area contributed by atoms with Crippen molar-refractivity contribution in [3.8, 4) is 0 Å². The highest BCUT2D eigenvalue weighted by atomic mass is 16.6. The number of benzene rings is 1. The summed E-state index contributed by atoms with van der Waals surface area (Å²) >= 11 is 0. The number of hydrogen-bond acceptors (Lipinski definition) is 5. The summed E-state index contributed by atoms with van der Waals surface area (Å²) in [4.78, 5) is 33.5. The zero-order valence-electron chi connectivity index (χ0n) is 19.5. The Kier molecular flexibility index (Phi) is 6.23. The highest BCUT2D eigenvalue weighted by molar-refractivity contribution is 5.83. The molecule has 2 aromatic rings. The molecule has 1 atom stereocenters. The van der Waals surface area contributed by atoms with E-state index in [1.54, 1.807) is 4.90 Å². The van der Waals surface area contributed by atoms with E-state index in [2.05, 4.69) is 39.5 Å². The molecular formula is C26H34N4O3. The summed E-state index contributed by atoms with van der Waals surface area (Å²) in [5, 5.41) is 4.45. The van der Waals surface area contributed by atoms with Gasteiger partial charge in [-0.1, -0.05) is 18.2 Å². The second-order valence-corrected chi connectivity index (χ2v) is 9.89. The second kappa shape index (κ2) is 9.29. The van der Waals surface area contributed by atoms with E-state index < -0.39 is 0 Å². The lowest BCUT2D eigenvalue weighted by atomic mass is 9.90. The first-order chi connectivity index (χ1) is 16.1. The Hall–Kier alpha value is -2.67. The molecule has 1 N–H and O–H groups in total. The Morgan fingerprint density at radius 3 is 2.70 bits per heavy atom. The molecule has 3 fully saturated rings. The normalized spacial score (nSPS) is 22.9. The van der Waals surface area contributed by atoms with Crippen LogP contribution in [0.5, 0.6) is 0 Å². The SMILES string of the molecule is CCOC(=O)N1CCC(NC(=O)[C@@H]2CC23CCN(Cc2ccc4cccnc4c2)CC3)CC1. The van der Waals surface area contributed by atoms with Crippen molar-refractivity contribution in [3.63, 3.8) is 0 Å². The number of likely N-dealkylation sites (tertiary alicyclic amines) is 2. The van der Waals surface area contributed by atoms with E-state index in [1.807, 2.05) is 19.2 Å². The Morgan fingerprint density at radius 2 is 1.94 bits per heavy atom. The number of carbonyl (C=O) groups is 2. The van der Waals surface area contributed by atoms with Crippen molar-refractivity contribution in [3.05, 3.63) is 42.1 Å². The molecular weight excluding hydrogens is 416 g/mol. The average Bonchev–Trinajstić information content (AvgIpc) is 3.55. The molecule has 5 rings (SSSR count). The zero-order valence-corrected chi connectivity index (χ0v) is 19.5. The molecule has 1 aliphatic carbocycles. The third kappa shape index (κ3) is 4.83. The molecule has 1 aromatic carbocycles. The summed E-state index contributed by atoms with van der Waals surface area (Å²) in [6.45, 7) is 6.55. The Morgan fingerprint density at radius 1 is 1.15 bits per heavy atom. The predicted octanol–water partition coefficient (Wildman–Crippen LogP) is 3.57. The van der Waals surface area contributed by atoms with E-state index in [4.69, 9.17) is 4.74 Å². The Bertz CT molecular complexity index is 1010. The minimum Gasteiger partial charge on any atom is -0.450 e. The quantitative estimate of drug-likeness (QED) is 0.754. The molecule has 0 radical (unpaired) electrons. The van der Waals surface area contributed by atoms with E-state index >= 15 is 0 Å². The van der Waals surface area contributed by atoms with E-state index in [-0.39, 0.29) is 29.4 Å². The lowest BCUT2D eigenvalue weighted by Gasteiger charge is -2.34. The molecule has 2 amide bonds. The van der Waals surface area contributed by atoms with Crippen LogP contribution in [0.4, 0.5) is 4.79 Å². The smallest absolute Gasteiger partial charge is 0.409 e. The molecule has 0 unspecified atom stereocenters. The van der Waals surface area contributed by atoms with Crippen molar-refractivity contribution in [2.24, 2.45) is 11.3 Å². The van der Waals surface area contributed by atoms with Crippen LogP contribution in [-0.4, -0.2) is 65.6 Å². The fourth-order valence-corrected chi connectivity index (χ4v) is 5.62. The van der Waals surface area contributed by atoms with Crippen molar-refractivity contribution in [2.45, 2.75) is 51.6 Å². The standard InChI is InChI=1S/C26H34N4O3/c1-2-33-25(32)30-12-7-21(8-13-30)28-24(31)22-17-26(22)9-14-29(15-10-26)18-19-5-6-20-4-3-11-27-23(20)16-19/h3-6,11,16,21-22H,2,7-10,12-15,17-18H2,1H3,(H,28,31)/t22-/m0/s1. The molecule has 176 valence electrons. The molecule has 3 heterocycles. The van der Waals surface area contributed by atoms with Gasteiger partial charge in [-0.3, -0.25) is 14.7 Å². The topological polar surface area (TPSA) is 74.8 Å². The Balaban J connectivity index is 1.07. The molecule has 1 aromatic heterocycles. The van der Waals surface area contributed by atoms with Gasteiger partial charge in [-0.15, -0.1) is 0 Å². The van der Waals surface area contributed by atoms with Gasteiger partial charge in [-0.05, 0) is 75.2 Å². The van der Waals surface area contributed by atoms with Crippen molar-refractivity contribution >= 4 is 22.9 Å². The maximum atomic E-state index is 12.9. The maximum Gasteiger partial charge on any atom is 0.409 e. The number of fused-ring (bicyclic) bond motifs is 1. The average molecular weight is 451 g/mol. The number of aromatic nitrogens is 1. The van der Waals surface area contributed by atoms with Crippen LogP contribution in [0.1, 0.15) is 44.6 Å². The fourth-order valence-electron chi connectivity index (χ4n) is 5.62. The number of rotatable bonds is 5. The van der Waals surface area contributed by atoms with E-state index in [1.165, 1.54) is 10.9 Å². The molecule has 1 spiro atoms. The number of nitrogens with one attached hydrogen (secondary N) is 1. The number of amides is 2. The van der Waals surface area contributed by atoms with E-state index in [0.29, 0.717) is 19.7 Å². The molecule has 7 heteroatoms. The summed E-state index contributed by atoms with van der Waals surface area (Å²) in [6.07, 6.45) is 6.43. The molecule has 33 heavy (non-hydrogen) atoms. The van der Waals surface area contributed by atoms with Gasteiger partial charge in [0.2, 0.25) is 5.91 Å². The van der Waals surface area contributed by atoms with E-state index in [9.17, 15) is 9.59 Å². The summed E-state index contributed by atoms with van der Waals surface area (Å²) < 4.78 is 5.08. The van der Waals surface area contributed by atoms with Gasteiger partial charge in [0.25, 0.3) is 0 Å². The first-order valence-corrected chi connectivity index (χ1v) is 12.3. The second-order valence-electron chi connectivity index (χ2n) is 9.89. The van der Waals surface area contributed by atoms with Crippen molar-refractivity contribution in [1.29, 1.82) is 0 Å². The molecule has 7 nitrogen and oxygen atoms in total.